The van der Waals surface area contributed by atoms with E-state index in [1.54, 1.807) is 0 Å². The summed E-state index contributed by atoms with van der Waals surface area (Å²) in [4.78, 5) is 25.7. The molecule has 0 aromatic carbocycles. The minimum absolute atomic E-state index is 0.00528. The number of amides is 2. The number of fused-ring (bicyclic) bond motifs is 1. The van der Waals surface area contributed by atoms with Crippen LogP contribution in [0.4, 0.5) is 0 Å². The van der Waals surface area contributed by atoms with Crippen molar-refractivity contribution in [1.82, 2.24) is 15.5 Å². The molecule has 2 aliphatic heterocycles. The highest BCUT2D eigenvalue weighted by atomic mass is 16.2. The quantitative estimate of drug-likeness (QED) is 0.674. The molecule has 5 heteroatoms. The van der Waals surface area contributed by atoms with Crippen molar-refractivity contribution in [3.05, 3.63) is 0 Å². The van der Waals surface area contributed by atoms with Crippen LogP contribution in [0, 0.1) is 11.8 Å². The van der Waals surface area contributed by atoms with Crippen LogP contribution in [0.5, 0.6) is 0 Å². The van der Waals surface area contributed by atoms with Crippen molar-refractivity contribution in [2.45, 2.75) is 31.7 Å². The zero-order chi connectivity index (χ0) is 12.5. The summed E-state index contributed by atoms with van der Waals surface area (Å²) in [6.07, 6.45) is 4.15. The summed E-state index contributed by atoms with van der Waals surface area (Å²) in [5.41, 5.74) is 0. The van der Waals surface area contributed by atoms with Gasteiger partial charge in [0.2, 0.25) is 11.8 Å². The van der Waals surface area contributed by atoms with E-state index in [0.717, 1.165) is 6.54 Å². The third-order valence-electron chi connectivity index (χ3n) is 4.64. The summed E-state index contributed by atoms with van der Waals surface area (Å²) in [6, 6.07) is 0.00528. The Hall–Kier alpha value is -1.10. The van der Waals surface area contributed by atoms with Crippen molar-refractivity contribution in [3.8, 4) is 0 Å². The van der Waals surface area contributed by atoms with E-state index >= 15 is 0 Å². The zero-order valence-electron chi connectivity index (χ0n) is 10.7. The second kappa shape index (κ2) is 4.88. The average molecular weight is 251 g/mol. The van der Waals surface area contributed by atoms with Crippen LogP contribution < -0.4 is 10.6 Å². The van der Waals surface area contributed by atoms with E-state index in [4.69, 9.17) is 0 Å². The van der Waals surface area contributed by atoms with E-state index in [1.165, 1.54) is 19.3 Å². The molecule has 100 valence electrons. The molecule has 0 aromatic rings. The molecule has 2 saturated heterocycles. The van der Waals surface area contributed by atoms with Crippen LogP contribution >= 0.6 is 0 Å². The first-order chi connectivity index (χ1) is 8.75. The van der Waals surface area contributed by atoms with Gasteiger partial charge in [-0.2, -0.15) is 0 Å². The van der Waals surface area contributed by atoms with E-state index in [2.05, 4.69) is 10.6 Å². The van der Waals surface area contributed by atoms with Gasteiger partial charge < -0.3 is 15.5 Å². The minimum atomic E-state index is 0.00528. The highest BCUT2D eigenvalue weighted by Gasteiger charge is 2.43. The third kappa shape index (κ3) is 2.11. The molecule has 2 N–H and O–H groups in total. The second-order valence-electron chi connectivity index (χ2n) is 5.67. The van der Waals surface area contributed by atoms with Crippen LogP contribution in [0.2, 0.25) is 0 Å². The lowest BCUT2D eigenvalue weighted by Crippen LogP contribution is -2.47. The third-order valence-corrected chi connectivity index (χ3v) is 4.64. The molecule has 0 aromatic heterocycles. The molecule has 1 saturated carbocycles. The zero-order valence-corrected chi connectivity index (χ0v) is 10.7. The highest BCUT2D eigenvalue weighted by molar-refractivity contribution is 5.84. The molecule has 3 rings (SSSR count). The number of carbonyl (C=O) groups excluding carboxylic acids is 2. The van der Waals surface area contributed by atoms with Gasteiger partial charge in [-0.15, -0.1) is 0 Å². The standard InChI is InChI=1S/C13H21N3O2/c17-11-4-6-16(7-5-14-11)13(18)12-10-3-1-2-9(10)8-15-12/h9-10,12,15H,1-8H2,(H,14,17). The summed E-state index contributed by atoms with van der Waals surface area (Å²) in [7, 11) is 0. The molecule has 0 radical (unpaired) electrons. The van der Waals surface area contributed by atoms with E-state index in [0.29, 0.717) is 37.9 Å². The monoisotopic (exact) mass is 251 g/mol. The molecule has 0 spiro atoms. The minimum Gasteiger partial charge on any atom is -0.354 e. The van der Waals surface area contributed by atoms with Gasteiger partial charge in [-0.25, -0.2) is 0 Å². The molecule has 2 heterocycles. The van der Waals surface area contributed by atoms with Gasteiger partial charge in [-0.05, 0) is 31.2 Å². The van der Waals surface area contributed by atoms with Gasteiger partial charge in [0, 0.05) is 26.1 Å². The van der Waals surface area contributed by atoms with Gasteiger partial charge in [-0.3, -0.25) is 9.59 Å². The van der Waals surface area contributed by atoms with Gasteiger partial charge in [0.15, 0.2) is 0 Å². The molecule has 2 amide bonds. The van der Waals surface area contributed by atoms with Gasteiger partial charge >= 0.3 is 0 Å². The Kier molecular flexibility index (Phi) is 3.24. The molecular weight excluding hydrogens is 230 g/mol. The van der Waals surface area contributed by atoms with E-state index in [1.807, 2.05) is 4.90 Å². The first kappa shape index (κ1) is 12.0. The summed E-state index contributed by atoms with van der Waals surface area (Å²) in [5.74, 6) is 1.50. The Bertz CT molecular complexity index is 358. The lowest BCUT2D eigenvalue weighted by atomic mass is 9.93. The Morgan fingerprint density at radius 3 is 3.06 bits per heavy atom. The maximum absolute atomic E-state index is 12.5. The molecule has 3 atom stereocenters. The van der Waals surface area contributed by atoms with Crippen molar-refractivity contribution >= 4 is 11.8 Å². The molecule has 5 nitrogen and oxygen atoms in total. The lowest BCUT2D eigenvalue weighted by molar-refractivity contribution is -0.134. The van der Waals surface area contributed by atoms with Crippen molar-refractivity contribution in [1.29, 1.82) is 0 Å². The molecule has 3 fully saturated rings. The fourth-order valence-corrected chi connectivity index (χ4v) is 3.64. The summed E-state index contributed by atoms with van der Waals surface area (Å²) in [6.45, 7) is 2.80. The number of carbonyl (C=O) groups is 2. The smallest absolute Gasteiger partial charge is 0.240 e. The Morgan fingerprint density at radius 1 is 1.28 bits per heavy atom. The summed E-state index contributed by atoms with van der Waals surface area (Å²) in [5, 5.41) is 6.20. The summed E-state index contributed by atoms with van der Waals surface area (Å²) < 4.78 is 0. The van der Waals surface area contributed by atoms with Crippen LogP contribution in [0.3, 0.4) is 0 Å². The van der Waals surface area contributed by atoms with Crippen LogP contribution in [0.15, 0.2) is 0 Å². The highest BCUT2D eigenvalue weighted by Crippen LogP contribution is 2.38. The topological polar surface area (TPSA) is 61.4 Å². The Labute approximate surface area is 107 Å². The predicted octanol–water partition coefficient (Wildman–Crippen LogP) is -0.277. The molecule has 0 bridgehead atoms. The van der Waals surface area contributed by atoms with Crippen LogP contribution in [-0.4, -0.2) is 48.9 Å². The number of hydrogen-bond donors (Lipinski definition) is 2. The van der Waals surface area contributed by atoms with Crippen molar-refractivity contribution in [2.75, 3.05) is 26.2 Å². The SMILES string of the molecule is O=C1CCN(C(=O)C2NCC3CCCC32)CCN1. The van der Waals surface area contributed by atoms with Gasteiger partial charge in [0.1, 0.15) is 0 Å². The number of nitrogens with zero attached hydrogens (tertiary/aromatic N) is 1. The lowest BCUT2D eigenvalue weighted by Gasteiger charge is -2.26. The maximum Gasteiger partial charge on any atom is 0.240 e. The Morgan fingerprint density at radius 2 is 2.17 bits per heavy atom. The maximum atomic E-state index is 12.5. The molecule has 1 aliphatic carbocycles. The van der Waals surface area contributed by atoms with Gasteiger partial charge in [0.25, 0.3) is 0 Å². The predicted molar refractivity (Wildman–Crippen MR) is 66.8 cm³/mol. The van der Waals surface area contributed by atoms with Crippen LogP contribution in [0.25, 0.3) is 0 Å². The molecular formula is C13H21N3O2. The van der Waals surface area contributed by atoms with Crippen molar-refractivity contribution < 1.29 is 9.59 Å². The van der Waals surface area contributed by atoms with Crippen LogP contribution in [0.1, 0.15) is 25.7 Å². The molecule has 3 aliphatic rings. The fourth-order valence-electron chi connectivity index (χ4n) is 3.64. The van der Waals surface area contributed by atoms with E-state index in [9.17, 15) is 9.59 Å². The number of rotatable bonds is 1. The number of nitrogens with one attached hydrogen (secondary N) is 2. The van der Waals surface area contributed by atoms with E-state index in [-0.39, 0.29) is 17.9 Å². The second-order valence-corrected chi connectivity index (χ2v) is 5.67. The van der Waals surface area contributed by atoms with Gasteiger partial charge in [0.05, 0.1) is 6.04 Å². The first-order valence-electron chi connectivity index (χ1n) is 7.04. The van der Waals surface area contributed by atoms with Crippen molar-refractivity contribution in [2.24, 2.45) is 11.8 Å². The van der Waals surface area contributed by atoms with Crippen molar-refractivity contribution in [3.63, 3.8) is 0 Å². The number of hydrogen-bond acceptors (Lipinski definition) is 3. The fraction of sp³-hybridized carbons (Fsp3) is 0.846. The summed E-state index contributed by atoms with van der Waals surface area (Å²) >= 11 is 0. The largest absolute Gasteiger partial charge is 0.354 e. The van der Waals surface area contributed by atoms with Crippen LogP contribution in [-0.2, 0) is 9.59 Å². The normalized spacial score (nSPS) is 36.1. The first-order valence-corrected chi connectivity index (χ1v) is 7.04. The van der Waals surface area contributed by atoms with E-state index < -0.39 is 0 Å². The van der Waals surface area contributed by atoms with Gasteiger partial charge in [-0.1, -0.05) is 6.42 Å². The average Bonchev–Trinajstić information content (AvgIpc) is 2.89. The molecule has 18 heavy (non-hydrogen) atoms. The molecule has 3 unspecified atom stereocenters. The Balaban J connectivity index is 1.65.